The van der Waals surface area contributed by atoms with Gasteiger partial charge in [0, 0.05) is 36.3 Å². The van der Waals surface area contributed by atoms with E-state index >= 15 is 0 Å². The number of aliphatic hydroxyl groups excluding tert-OH is 1. The van der Waals surface area contributed by atoms with Gasteiger partial charge in [-0.3, -0.25) is 28.5 Å². The molecule has 1 unspecified atom stereocenters. The summed E-state index contributed by atoms with van der Waals surface area (Å²) < 4.78 is 29.6. The highest BCUT2D eigenvalue weighted by Crippen LogP contribution is 2.55. The molecule has 0 aromatic heterocycles. The lowest BCUT2D eigenvalue weighted by molar-refractivity contribution is -0.383. The number of amides is 1. The van der Waals surface area contributed by atoms with Crippen molar-refractivity contribution in [3.05, 3.63) is 45.5 Å². The van der Waals surface area contributed by atoms with Gasteiger partial charge in [0.1, 0.15) is 0 Å². The normalized spacial score (nSPS) is 16.0. The molecular weight excluding hydrogens is 489 g/mol. The predicted molar refractivity (Wildman–Crippen MR) is 136 cm³/mol. The summed E-state index contributed by atoms with van der Waals surface area (Å²) in [4.78, 5) is 24.0. The van der Waals surface area contributed by atoms with Crippen molar-refractivity contribution in [2.45, 2.75) is 58.7 Å². The number of nitro benzene ring substituents is 1. The molecule has 2 aromatic carbocycles. The largest absolute Gasteiger partial charge is 0.475 e. The second-order valence-electron chi connectivity index (χ2n) is 10.6. The molecule has 0 bridgehead atoms. The van der Waals surface area contributed by atoms with E-state index in [0.717, 1.165) is 5.56 Å². The quantitative estimate of drug-likeness (QED) is 0.183. The first kappa shape index (κ1) is 28.0. The molecule has 3 rings (SSSR count). The molecule has 11 nitrogen and oxygen atoms in total. The Morgan fingerprint density at radius 1 is 1.17 bits per heavy atom. The minimum Gasteiger partial charge on any atom is -0.396 e. The number of phosphoric ester groups is 1. The van der Waals surface area contributed by atoms with Crippen LogP contribution in [0.4, 0.5) is 11.4 Å². The van der Waals surface area contributed by atoms with E-state index in [1.165, 1.54) is 12.1 Å². The SMILES string of the molecule is CC(C)(C)OP(=O)(OCCNC(=O)c1ccc2c3c(cc([N+](=O)[O-])c2c1)NCC3CO)OC(C)(C)C. The van der Waals surface area contributed by atoms with Gasteiger partial charge in [-0.1, -0.05) is 6.07 Å². The zero-order valence-corrected chi connectivity index (χ0v) is 22.3. The van der Waals surface area contributed by atoms with Crippen molar-refractivity contribution in [2.75, 3.05) is 31.6 Å². The second kappa shape index (κ2) is 10.4. The number of carbonyl (C=O) groups excluding carboxylic acids is 1. The number of rotatable bonds is 9. The van der Waals surface area contributed by atoms with E-state index in [4.69, 9.17) is 13.6 Å². The molecule has 1 heterocycles. The highest BCUT2D eigenvalue weighted by molar-refractivity contribution is 7.48. The monoisotopic (exact) mass is 523 g/mol. The van der Waals surface area contributed by atoms with Crippen LogP contribution in [0.15, 0.2) is 24.3 Å². The highest BCUT2D eigenvalue weighted by atomic mass is 31.2. The molecule has 198 valence electrons. The number of nitrogens with zero attached hydrogens (tertiary/aromatic N) is 1. The molecule has 0 fully saturated rings. The molecule has 1 aliphatic rings. The van der Waals surface area contributed by atoms with Gasteiger partial charge in [0.2, 0.25) is 0 Å². The summed E-state index contributed by atoms with van der Waals surface area (Å²) in [5.41, 5.74) is -0.0678. The summed E-state index contributed by atoms with van der Waals surface area (Å²) >= 11 is 0. The fraction of sp³-hybridized carbons (Fsp3) is 0.542. The number of aliphatic hydroxyl groups is 1. The molecule has 0 aliphatic carbocycles. The third-order valence-electron chi connectivity index (χ3n) is 5.19. The Hall–Kier alpha value is -2.56. The van der Waals surface area contributed by atoms with Crippen LogP contribution < -0.4 is 10.6 Å². The number of carbonyl (C=O) groups is 1. The van der Waals surface area contributed by atoms with Gasteiger partial charge in [0.05, 0.1) is 34.7 Å². The maximum atomic E-state index is 13.1. The molecule has 0 saturated heterocycles. The lowest BCUT2D eigenvalue weighted by atomic mass is 9.93. The number of fused-ring (bicyclic) bond motifs is 3. The standard InChI is InChI=1S/C24H34N3O8P/c1-23(2,3)34-36(32,35-24(4,5)6)33-10-9-25-22(29)15-7-8-17-18(11-15)20(27(30)31)12-19-21(17)16(14-28)13-26-19/h7-8,11-12,16,26,28H,9-10,13-14H2,1-6H3,(H,25,29). The Labute approximate surface area is 210 Å². The van der Waals surface area contributed by atoms with Crippen LogP contribution in [0.3, 0.4) is 0 Å². The van der Waals surface area contributed by atoms with E-state index in [1.807, 2.05) is 0 Å². The summed E-state index contributed by atoms with van der Waals surface area (Å²) in [6, 6.07) is 6.13. The van der Waals surface area contributed by atoms with Crippen molar-refractivity contribution < 1.29 is 33.0 Å². The van der Waals surface area contributed by atoms with Crippen molar-refractivity contribution >= 4 is 35.9 Å². The van der Waals surface area contributed by atoms with Crippen LogP contribution in [0.25, 0.3) is 10.8 Å². The van der Waals surface area contributed by atoms with Crippen LogP contribution in [-0.4, -0.2) is 53.4 Å². The first-order chi connectivity index (χ1) is 16.6. The van der Waals surface area contributed by atoms with E-state index in [0.29, 0.717) is 23.0 Å². The minimum atomic E-state index is -3.91. The fourth-order valence-electron chi connectivity index (χ4n) is 3.96. The first-order valence-corrected chi connectivity index (χ1v) is 13.1. The average Bonchev–Trinajstić information content (AvgIpc) is 3.16. The number of anilines is 1. The number of non-ortho nitro benzene ring substituents is 1. The van der Waals surface area contributed by atoms with Gasteiger partial charge in [-0.2, -0.15) is 0 Å². The molecule has 0 radical (unpaired) electrons. The van der Waals surface area contributed by atoms with Gasteiger partial charge >= 0.3 is 7.82 Å². The summed E-state index contributed by atoms with van der Waals surface area (Å²) in [5.74, 6) is -0.670. The van der Waals surface area contributed by atoms with Gasteiger partial charge in [0.15, 0.2) is 0 Å². The number of hydrogen-bond acceptors (Lipinski definition) is 9. The van der Waals surface area contributed by atoms with Crippen molar-refractivity contribution in [1.29, 1.82) is 0 Å². The average molecular weight is 524 g/mol. The summed E-state index contributed by atoms with van der Waals surface area (Å²) in [7, 11) is -3.91. The second-order valence-corrected chi connectivity index (χ2v) is 12.1. The van der Waals surface area contributed by atoms with Crippen LogP contribution in [0.1, 0.15) is 63.4 Å². The molecule has 3 N–H and O–H groups in total. The first-order valence-electron chi connectivity index (χ1n) is 11.7. The number of nitro groups is 1. The van der Waals surface area contributed by atoms with Crippen molar-refractivity contribution in [1.82, 2.24) is 5.32 Å². The minimum absolute atomic E-state index is 0.00462. The summed E-state index contributed by atoms with van der Waals surface area (Å²) in [5, 5.41) is 28.1. The summed E-state index contributed by atoms with van der Waals surface area (Å²) in [6.07, 6.45) is 0. The van der Waals surface area contributed by atoms with Gasteiger partial charge in [-0.15, -0.1) is 0 Å². The van der Waals surface area contributed by atoms with E-state index in [-0.39, 0.29) is 36.9 Å². The Morgan fingerprint density at radius 3 is 2.36 bits per heavy atom. The topological polar surface area (TPSA) is 149 Å². The van der Waals surface area contributed by atoms with Crippen molar-refractivity contribution in [3.63, 3.8) is 0 Å². The van der Waals surface area contributed by atoms with Crippen molar-refractivity contribution in [2.24, 2.45) is 0 Å². The number of nitrogens with one attached hydrogen (secondary N) is 2. The van der Waals surface area contributed by atoms with Gasteiger partial charge in [0.25, 0.3) is 11.6 Å². The Kier molecular flexibility index (Phi) is 8.12. The Morgan fingerprint density at radius 2 is 1.81 bits per heavy atom. The molecule has 1 aliphatic heterocycles. The molecule has 12 heteroatoms. The molecule has 36 heavy (non-hydrogen) atoms. The number of hydrogen-bond donors (Lipinski definition) is 3. The third kappa shape index (κ3) is 6.80. The zero-order chi connectivity index (χ0) is 26.9. The van der Waals surface area contributed by atoms with E-state index in [9.17, 15) is 24.6 Å². The van der Waals surface area contributed by atoms with E-state index < -0.39 is 29.9 Å². The highest BCUT2D eigenvalue weighted by Gasteiger charge is 2.37. The molecule has 2 aromatic rings. The van der Waals surface area contributed by atoms with Crippen molar-refractivity contribution in [3.8, 4) is 0 Å². The van der Waals surface area contributed by atoms with E-state index in [2.05, 4.69) is 10.6 Å². The van der Waals surface area contributed by atoms with Crippen LogP contribution in [0, 0.1) is 10.1 Å². The van der Waals surface area contributed by atoms with Crippen LogP contribution in [-0.2, 0) is 18.1 Å². The Balaban J connectivity index is 1.75. The number of benzene rings is 2. The smallest absolute Gasteiger partial charge is 0.396 e. The molecule has 0 saturated carbocycles. The Bertz CT molecular complexity index is 1180. The third-order valence-corrected chi connectivity index (χ3v) is 7.23. The fourth-order valence-corrected chi connectivity index (χ4v) is 5.76. The summed E-state index contributed by atoms with van der Waals surface area (Å²) in [6.45, 7) is 10.6. The predicted octanol–water partition coefficient (Wildman–Crippen LogP) is 4.73. The van der Waals surface area contributed by atoms with Gasteiger partial charge in [-0.05, 0) is 64.6 Å². The van der Waals surface area contributed by atoms with Crippen LogP contribution in [0.5, 0.6) is 0 Å². The van der Waals surface area contributed by atoms with Gasteiger partial charge in [-0.25, -0.2) is 4.57 Å². The molecule has 0 spiro atoms. The lowest BCUT2D eigenvalue weighted by Gasteiger charge is -2.30. The van der Waals surface area contributed by atoms with Crippen LogP contribution in [0.2, 0.25) is 0 Å². The van der Waals surface area contributed by atoms with Crippen LogP contribution >= 0.6 is 7.82 Å². The zero-order valence-electron chi connectivity index (χ0n) is 21.4. The number of phosphoric acid groups is 1. The maximum Gasteiger partial charge on any atom is 0.475 e. The molecule has 1 atom stereocenters. The van der Waals surface area contributed by atoms with E-state index in [1.54, 1.807) is 53.7 Å². The molecule has 1 amide bonds. The van der Waals surface area contributed by atoms with Gasteiger partial charge < -0.3 is 15.7 Å². The lowest BCUT2D eigenvalue weighted by Crippen LogP contribution is -2.29. The molecular formula is C24H34N3O8P. The maximum absolute atomic E-state index is 13.1.